The van der Waals surface area contributed by atoms with Gasteiger partial charge in [0.2, 0.25) is 0 Å². The van der Waals surface area contributed by atoms with E-state index >= 15 is 0 Å². The summed E-state index contributed by atoms with van der Waals surface area (Å²) in [6.45, 7) is 0. The molecule has 1 unspecified atom stereocenters. The number of hydrogen-bond acceptors (Lipinski definition) is 3. The lowest BCUT2D eigenvalue weighted by Gasteiger charge is -2.21. The van der Waals surface area contributed by atoms with Gasteiger partial charge in [0.05, 0.1) is 5.02 Å². The maximum atomic E-state index is 10.9. The molecule has 5 heteroatoms. The molecule has 0 aliphatic heterocycles. The third kappa shape index (κ3) is 2.10. The van der Waals surface area contributed by atoms with Crippen LogP contribution in [0.3, 0.4) is 0 Å². The van der Waals surface area contributed by atoms with Crippen molar-refractivity contribution >= 4 is 17.6 Å². The number of fused-ring (bicyclic) bond motifs is 1. The van der Waals surface area contributed by atoms with Crippen LogP contribution in [-0.4, -0.2) is 16.2 Å². The minimum Gasteiger partial charge on any atom is -0.506 e. The lowest BCUT2D eigenvalue weighted by Crippen LogP contribution is -2.21. The van der Waals surface area contributed by atoms with E-state index in [1.54, 1.807) is 6.07 Å². The average molecular weight is 256 g/mol. The van der Waals surface area contributed by atoms with Crippen LogP contribution in [0.15, 0.2) is 6.07 Å². The molecular weight excluding hydrogens is 242 g/mol. The molecule has 0 saturated heterocycles. The highest BCUT2D eigenvalue weighted by atomic mass is 35.5. The van der Waals surface area contributed by atoms with Crippen LogP contribution in [0.1, 0.15) is 35.6 Å². The van der Waals surface area contributed by atoms with E-state index in [4.69, 9.17) is 22.4 Å². The molecule has 1 aliphatic carbocycles. The summed E-state index contributed by atoms with van der Waals surface area (Å²) >= 11 is 6.07. The van der Waals surface area contributed by atoms with E-state index in [1.165, 1.54) is 0 Å². The standard InChI is InChI=1S/C12H14ClNO3/c13-9-7-4-2-1-3-6(7)5-8(11(9)15)10(14)12(16)17/h5,10,15H,1-4,14H2,(H,16,17). The molecule has 17 heavy (non-hydrogen) atoms. The Kier molecular flexibility index (Phi) is 3.26. The zero-order valence-corrected chi connectivity index (χ0v) is 10.00. The topological polar surface area (TPSA) is 83.6 Å². The zero-order chi connectivity index (χ0) is 12.6. The number of phenols is 1. The van der Waals surface area contributed by atoms with Crippen LogP contribution < -0.4 is 5.73 Å². The number of nitrogens with two attached hydrogens (primary N) is 1. The van der Waals surface area contributed by atoms with Crippen molar-refractivity contribution in [2.24, 2.45) is 5.73 Å². The van der Waals surface area contributed by atoms with Crippen molar-refractivity contribution in [1.29, 1.82) is 0 Å². The highest BCUT2D eigenvalue weighted by Gasteiger charge is 2.24. The minimum atomic E-state index is -1.24. The summed E-state index contributed by atoms with van der Waals surface area (Å²) in [5.41, 5.74) is 7.65. The molecule has 92 valence electrons. The number of carboxylic acids is 1. The van der Waals surface area contributed by atoms with Gasteiger partial charge in [-0.1, -0.05) is 11.6 Å². The second-order valence-corrected chi connectivity index (χ2v) is 4.67. The molecule has 0 aromatic heterocycles. The Balaban J connectivity index is 2.55. The molecule has 1 aromatic rings. The fourth-order valence-corrected chi connectivity index (χ4v) is 2.56. The van der Waals surface area contributed by atoms with Crippen LogP contribution in [0.25, 0.3) is 0 Å². The second-order valence-electron chi connectivity index (χ2n) is 4.29. The van der Waals surface area contributed by atoms with Crippen molar-refractivity contribution in [1.82, 2.24) is 0 Å². The van der Waals surface area contributed by atoms with Gasteiger partial charge < -0.3 is 15.9 Å². The molecule has 1 atom stereocenters. The molecule has 4 N–H and O–H groups in total. The largest absolute Gasteiger partial charge is 0.506 e. The molecule has 2 rings (SSSR count). The third-order valence-electron chi connectivity index (χ3n) is 3.19. The molecule has 0 heterocycles. The van der Waals surface area contributed by atoms with E-state index in [1.807, 2.05) is 0 Å². The fourth-order valence-electron chi connectivity index (χ4n) is 2.23. The number of aryl methyl sites for hydroxylation is 1. The highest BCUT2D eigenvalue weighted by Crippen LogP contribution is 2.39. The summed E-state index contributed by atoms with van der Waals surface area (Å²) in [6, 6.07) is 0.439. The van der Waals surface area contributed by atoms with Crippen LogP contribution in [-0.2, 0) is 17.6 Å². The number of aromatic hydroxyl groups is 1. The van der Waals surface area contributed by atoms with Gasteiger partial charge in [-0.05, 0) is 42.9 Å². The van der Waals surface area contributed by atoms with Crippen LogP contribution in [0.2, 0.25) is 5.02 Å². The van der Waals surface area contributed by atoms with Crippen molar-refractivity contribution in [3.63, 3.8) is 0 Å². The first kappa shape index (κ1) is 12.2. The van der Waals surface area contributed by atoms with Gasteiger partial charge in [0.1, 0.15) is 11.8 Å². The fraction of sp³-hybridized carbons (Fsp3) is 0.417. The average Bonchev–Trinajstić information content (AvgIpc) is 2.33. The summed E-state index contributed by atoms with van der Waals surface area (Å²) in [4.78, 5) is 10.9. The molecule has 0 bridgehead atoms. The Morgan fingerprint density at radius 1 is 1.41 bits per heavy atom. The van der Waals surface area contributed by atoms with Crippen molar-refractivity contribution in [2.45, 2.75) is 31.7 Å². The zero-order valence-electron chi connectivity index (χ0n) is 9.24. The summed E-state index contributed by atoms with van der Waals surface area (Å²) in [5, 5.41) is 19.0. The first-order chi connectivity index (χ1) is 8.02. The van der Waals surface area contributed by atoms with Gasteiger partial charge in [0.25, 0.3) is 0 Å². The molecule has 0 spiro atoms. The van der Waals surface area contributed by atoms with Crippen LogP contribution in [0.4, 0.5) is 0 Å². The maximum absolute atomic E-state index is 10.9. The van der Waals surface area contributed by atoms with E-state index < -0.39 is 12.0 Å². The van der Waals surface area contributed by atoms with E-state index in [0.29, 0.717) is 0 Å². The quantitative estimate of drug-likeness (QED) is 0.755. The van der Waals surface area contributed by atoms with Gasteiger partial charge in [0.15, 0.2) is 0 Å². The second kappa shape index (κ2) is 4.55. The van der Waals surface area contributed by atoms with Crippen molar-refractivity contribution in [3.8, 4) is 5.75 Å². The van der Waals surface area contributed by atoms with Gasteiger partial charge in [-0.25, -0.2) is 0 Å². The van der Waals surface area contributed by atoms with Crippen molar-refractivity contribution in [3.05, 3.63) is 27.8 Å². The number of phenolic OH excluding ortho intramolecular Hbond substituents is 1. The van der Waals surface area contributed by atoms with E-state index in [2.05, 4.69) is 0 Å². The first-order valence-corrected chi connectivity index (χ1v) is 5.91. The van der Waals surface area contributed by atoms with Crippen LogP contribution >= 0.6 is 11.6 Å². The minimum absolute atomic E-state index is 0.192. The Morgan fingerprint density at radius 2 is 2.06 bits per heavy atom. The van der Waals surface area contributed by atoms with E-state index in [9.17, 15) is 9.90 Å². The number of hydrogen-bond donors (Lipinski definition) is 3. The van der Waals surface area contributed by atoms with Crippen molar-refractivity contribution in [2.75, 3.05) is 0 Å². The maximum Gasteiger partial charge on any atom is 0.325 e. The summed E-state index contributed by atoms with van der Waals surface area (Å²) in [7, 11) is 0. The molecule has 0 radical (unpaired) electrons. The lowest BCUT2D eigenvalue weighted by molar-refractivity contribution is -0.138. The number of halogens is 1. The van der Waals surface area contributed by atoms with Crippen molar-refractivity contribution < 1.29 is 15.0 Å². The molecule has 1 aliphatic rings. The van der Waals surface area contributed by atoms with Gasteiger partial charge in [-0.3, -0.25) is 4.79 Å². The molecule has 0 amide bonds. The smallest absolute Gasteiger partial charge is 0.325 e. The van der Waals surface area contributed by atoms with Gasteiger partial charge in [0, 0.05) is 5.56 Å². The van der Waals surface area contributed by atoms with E-state index in [0.717, 1.165) is 36.8 Å². The predicted molar refractivity (Wildman–Crippen MR) is 64.3 cm³/mol. The number of benzene rings is 1. The summed E-state index contributed by atoms with van der Waals surface area (Å²) in [6.07, 6.45) is 3.77. The first-order valence-electron chi connectivity index (χ1n) is 5.54. The Bertz CT molecular complexity index is 473. The van der Waals surface area contributed by atoms with Gasteiger partial charge >= 0.3 is 5.97 Å². The number of aliphatic carboxylic acids is 1. The molecule has 1 aromatic carbocycles. The normalized spacial score (nSPS) is 16.4. The van der Waals surface area contributed by atoms with Crippen LogP contribution in [0.5, 0.6) is 5.75 Å². The lowest BCUT2D eigenvalue weighted by atomic mass is 9.88. The third-order valence-corrected chi connectivity index (χ3v) is 3.59. The molecule has 4 nitrogen and oxygen atoms in total. The summed E-state index contributed by atoms with van der Waals surface area (Å²) in [5.74, 6) is -1.37. The Morgan fingerprint density at radius 3 is 2.71 bits per heavy atom. The monoisotopic (exact) mass is 255 g/mol. The predicted octanol–water partition coefficient (Wildman–Crippen LogP) is 2.01. The Hall–Kier alpha value is -1.26. The Labute approximate surface area is 104 Å². The number of carbonyl (C=O) groups is 1. The SMILES string of the molecule is NC(C(=O)O)c1cc2c(c(Cl)c1O)CCCC2. The summed E-state index contributed by atoms with van der Waals surface area (Å²) < 4.78 is 0. The highest BCUT2D eigenvalue weighted by molar-refractivity contribution is 6.33. The van der Waals surface area contributed by atoms with Crippen LogP contribution in [0, 0.1) is 0 Å². The number of rotatable bonds is 2. The molecule has 0 saturated carbocycles. The van der Waals surface area contributed by atoms with Gasteiger partial charge in [-0.2, -0.15) is 0 Å². The number of carboxylic acid groups (broad SMARTS) is 1. The molecule has 0 fully saturated rings. The molecular formula is C12H14ClNO3. The van der Waals surface area contributed by atoms with E-state index in [-0.39, 0.29) is 16.3 Å². The van der Waals surface area contributed by atoms with Gasteiger partial charge in [-0.15, -0.1) is 0 Å².